The predicted molar refractivity (Wildman–Crippen MR) is 110 cm³/mol. The van der Waals surface area contributed by atoms with Crippen LogP contribution >= 0.6 is 22.9 Å². The van der Waals surface area contributed by atoms with Gasteiger partial charge in [-0.2, -0.15) is 5.10 Å². The van der Waals surface area contributed by atoms with Crippen LogP contribution in [0.2, 0.25) is 5.02 Å². The van der Waals surface area contributed by atoms with Crippen molar-refractivity contribution in [3.05, 3.63) is 76.4 Å². The Hall–Kier alpha value is -3.16. The number of nitrogens with zero attached hydrogens (tertiary/aromatic N) is 2. The second kappa shape index (κ2) is 7.46. The summed E-state index contributed by atoms with van der Waals surface area (Å²) in [5.41, 5.74) is 1.86. The number of ether oxygens (including phenoxy) is 1. The molecule has 2 aromatic heterocycles. The Balaban J connectivity index is 1.53. The maximum Gasteiger partial charge on any atom is 0.348 e. The number of rotatable bonds is 4. The fraction of sp³-hybridized carbons (Fsp3) is 0.0500. The number of halogens is 1. The number of hydrogen-bond acceptors (Lipinski definition) is 5. The Bertz CT molecular complexity index is 1180. The Morgan fingerprint density at radius 1 is 1.14 bits per heavy atom. The van der Waals surface area contributed by atoms with Crippen molar-refractivity contribution in [1.82, 2.24) is 9.78 Å². The zero-order valence-electron chi connectivity index (χ0n) is 14.7. The third-order valence-corrected chi connectivity index (χ3v) is 5.44. The molecule has 0 fully saturated rings. The number of anilines is 1. The first-order valence-corrected chi connectivity index (χ1v) is 9.47. The summed E-state index contributed by atoms with van der Waals surface area (Å²) in [6, 6.07) is 14.4. The smallest absolute Gasteiger partial charge is 0.348 e. The van der Waals surface area contributed by atoms with Crippen molar-refractivity contribution in [3.8, 4) is 5.69 Å². The van der Waals surface area contributed by atoms with Crippen molar-refractivity contribution >= 4 is 50.6 Å². The van der Waals surface area contributed by atoms with E-state index < -0.39 is 0 Å². The topological polar surface area (TPSA) is 73.2 Å². The highest BCUT2D eigenvalue weighted by Gasteiger charge is 2.13. The molecule has 0 aliphatic rings. The van der Waals surface area contributed by atoms with Gasteiger partial charge in [0.1, 0.15) is 4.88 Å². The Morgan fingerprint density at radius 2 is 1.93 bits per heavy atom. The normalized spacial score (nSPS) is 10.8. The number of aromatic nitrogens is 2. The summed E-state index contributed by atoms with van der Waals surface area (Å²) in [4.78, 5) is 24.7. The van der Waals surface area contributed by atoms with Gasteiger partial charge in [-0.1, -0.05) is 11.6 Å². The van der Waals surface area contributed by atoms with Gasteiger partial charge in [-0.3, -0.25) is 4.79 Å². The largest absolute Gasteiger partial charge is 0.465 e. The maximum absolute atomic E-state index is 12.6. The zero-order chi connectivity index (χ0) is 19.7. The molecule has 140 valence electrons. The minimum absolute atomic E-state index is 0.275. The number of carbonyl (C=O) groups is 2. The van der Waals surface area contributed by atoms with Crippen molar-refractivity contribution < 1.29 is 14.3 Å². The van der Waals surface area contributed by atoms with Crippen LogP contribution in [0.3, 0.4) is 0 Å². The van der Waals surface area contributed by atoms with E-state index in [9.17, 15) is 9.59 Å². The van der Waals surface area contributed by atoms with Crippen molar-refractivity contribution in [2.75, 3.05) is 12.4 Å². The molecule has 8 heteroatoms. The molecule has 0 radical (unpaired) electrons. The molecule has 4 rings (SSSR count). The van der Waals surface area contributed by atoms with E-state index in [-0.39, 0.29) is 11.9 Å². The predicted octanol–water partition coefficient (Wildman–Crippen LogP) is 4.78. The molecule has 1 N–H and O–H groups in total. The number of carbonyl (C=O) groups excluding carboxylic acids is 2. The van der Waals surface area contributed by atoms with Crippen molar-refractivity contribution in [2.24, 2.45) is 0 Å². The molecule has 2 aromatic carbocycles. The first-order chi connectivity index (χ1) is 13.5. The number of fused-ring (bicyclic) bond motifs is 1. The molecule has 0 bridgehead atoms. The van der Waals surface area contributed by atoms with Gasteiger partial charge in [0.2, 0.25) is 0 Å². The molecular weight excluding hydrogens is 398 g/mol. The van der Waals surface area contributed by atoms with E-state index in [1.807, 2.05) is 24.3 Å². The van der Waals surface area contributed by atoms with Crippen LogP contribution < -0.4 is 5.32 Å². The standard InChI is InChI=1S/C20H14ClN3O3S/c1-27-20(26)18-9-12-8-15(4-7-17(12)28-18)23-19(25)13-10-22-24(11-13)16-5-2-14(21)3-6-16/h2-11H,1H3,(H,23,25). The lowest BCUT2D eigenvalue weighted by molar-refractivity contribution is 0.0606. The number of amides is 1. The molecule has 4 aromatic rings. The number of esters is 1. The molecule has 0 saturated carbocycles. The maximum atomic E-state index is 12.6. The van der Waals surface area contributed by atoms with Gasteiger partial charge >= 0.3 is 5.97 Å². The van der Waals surface area contributed by atoms with Crippen LogP contribution in [0.15, 0.2) is 60.9 Å². The van der Waals surface area contributed by atoms with Crippen molar-refractivity contribution in [2.45, 2.75) is 0 Å². The Kier molecular flexibility index (Phi) is 4.85. The molecule has 0 unspecified atom stereocenters. The second-order valence-electron chi connectivity index (χ2n) is 5.96. The van der Waals surface area contributed by atoms with Crippen LogP contribution in [0.4, 0.5) is 5.69 Å². The van der Waals surface area contributed by atoms with E-state index in [4.69, 9.17) is 16.3 Å². The lowest BCUT2D eigenvalue weighted by Gasteiger charge is -2.04. The first kappa shape index (κ1) is 18.2. The van der Waals surface area contributed by atoms with Gasteiger partial charge in [0, 0.05) is 21.6 Å². The molecule has 1 amide bonds. The van der Waals surface area contributed by atoms with Gasteiger partial charge in [0.05, 0.1) is 24.6 Å². The van der Waals surface area contributed by atoms with E-state index in [0.29, 0.717) is 21.2 Å². The highest BCUT2D eigenvalue weighted by Crippen LogP contribution is 2.28. The van der Waals surface area contributed by atoms with Gasteiger partial charge in [-0.15, -0.1) is 11.3 Å². The average Bonchev–Trinajstić information content (AvgIpc) is 3.35. The third kappa shape index (κ3) is 3.62. The van der Waals surface area contributed by atoms with Gasteiger partial charge in [0.15, 0.2) is 0 Å². The lowest BCUT2D eigenvalue weighted by atomic mass is 10.2. The summed E-state index contributed by atoms with van der Waals surface area (Å²) in [5.74, 6) is -0.649. The van der Waals surface area contributed by atoms with E-state index in [1.54, 1.807) is 35.1 Å². The van der Waals surface area contributed by atoms with Gasteiger partial charge in [-0.25, -0.2) is 9.48 Å². The van der Waals surface area contributed by atoms with E-state index in [0.717, 1.165) is 15.8 Å². The van der Waals surface area contributed by atoms with Crippen LogP contribution in [-0.4, -0.2) is 28.8 Å². The summed E-state index contributed by atoms with van der Waals surface area (Å²) in [5, 5.41) is 8.57. The Labute approximate surface area is 169 Å². The zero-order valence-corrected chi connectivity index (χ0v) is 16.3. The monoisotopic (exact) mass is 411 g/mol. The fourth-order valence-electron chi connectivity index (χ4n) is 2.70. The summed E-state index contributed by atoms with van der Waals surface area (Å²) < 4.78 is 7.29. The van der Waals surface area contributed by atoms with E-state index in [1.165, 1.54) is 24.6 Å². The van der Waals surface area contributed by atoms with Gasteiger partial charge < -0.3 is 10.1 Å². The molecule has 6 nitrogen and oxygen atoms in total. The molecule has 0 aliphatic heterocycles. The number of hydrogen-bond donors (Lipinski definition) is 1. The molecule has 0 saturated heterocycles. The average molecular weight is 412 g/mol. The number of nitrogens with one attached hydrogen (secondary N) is 1. The van der Waals surface area contributed by atoms with Crippen LogP contribution in [0.25, 0.3) is 15.8 Å². The number of methoxy groups -OCH3 is 1. The summed E-state index contributed by atoms with van der Waals surface area (Å²) in [6.45, 7) is 0. The summed E-state index contributed by atoms with van der Waals surface area (Å²) in [7, 11) is 1.35. The van der Waals surface area contributed by atoms with Crippen LogP contribution in [0, 0.1) is 0 Å². The van der Waals surface area contributed by atoms with Crippen LogP contribution in [0.1, 0.15) is 20.0 Å². The summed E-state index contributed by atoms with van der Waals surface area (Å²) in [6.07, 6.45) is 3.15. The summed E-state index contributed by atoms with van der Waals surface area (Å²) >= 11 is 7.24. The van der Waals surface area contributed by atoms with E-state index >= 15 is 0 Å². The molecule has 0 spiro atoms. The molecule has 28 heavy (non-hydrogen) atoms. The fourth-order valence-corrected chi connectivity index (χ4v) is 3.79. The second-order valence-corrected chi connectivity index (χ2v) is 7.48. The first-order valence-electron chi connectivity index (χ1n) is 8.27. The van der Waals surface area contributed by atoms with Crippen LogP contribution in [-0.2, 0) is 4.74 Å². The molecule has 0 aliphatic carbocycles. The van der Waals surface area contributed by atoms with Crippen LogP contribution in [0.5, 0.6) is 0 Å². The third-order valence-electron chi connectivity index (χ3n) is 4.10. The quantitative estimate of drug-likeness (QED) is 0.490. The molecule has 0 atom stereocenters. The minimum Gasteiger partial charge on any atom is -0.465 e. The lowest BCUT2D eigenvalue weighted by Crippen LogP contribution is -2.10. The van der Waals surface area contributed by atoms with Gasteiger partial charge in [-0.05, 0) is 53.9 Å². The highest BCUT2D eigenvalue weighted by molar-refractivity contribution is 7.20. The highest BCUT2D eigenvalue weighted by atomic mass is 35.5. The van der Waals surface area contributed by atoms with E-state index in [2.05, 4.69) is 10.4 Å². The minimum atomic E-state index is -0.374. The van der Waals surface area contributed by atoms with Gasteiger partial charge in [0.25, 0.3) is 5.91 Å². The number of thiophene rings is 1. The SMILES string of the molecule is COC(=O)c1cc2cc(NC(=O)c3cnn(-c4ccc(Cl)cc4)c3)ccc2s1. The van der Waals surface area contributed by atoms with Crippen molar-refractivity contribution in [3.63, 3.8) is 0 Å². The number of benzene rings is 2. The molecular formula is C20H14ClN3O3S. The Morgan fingerprint density at radius 3 is 2.68 bits per heavy atom. The molecule has 2 heterocycles. The van der Waals surface area contributed by atoms with Crippen molar-refractivity contribution in [1.29, 1.82) is 0 Å².